The molecule has 0 aromatic heterocycles. The second-order valence-corrected chi connectivity index (χ2v) is 45.8. The number of carbonyl (C=O) groups excluding carboxylic acids is 8. The van der Waals surface area contributed by atoms with Crippen LogP contribution in [0.5, 0.6) is 0 Å². The molecule has 22 nitrogen and oxygen atoms in total. The average molecular weight is 1920 g/mol. The first-order chi connectivity index (χ1) is 66.3. The van der Waals surface area contributed by atoms with Gasteiger partial charge in [0.25, 0.3) is 0 Å². The van der Waals surface area contributed by atoms with Gasteiger partial charge in [-0.1, -0.05) is 238 Å². The molecule has 6 saturated heterocycles. The number of benzene rings is 4. The highest BCUT2D eigenvalue weighted by Gasteiger charge is 2.61. The molecule has 4 aliphatic carbocycles. The molecule has 10 aliphatic rings. The Labute approximate surface area is 838 Å². The monoisotopic (exact) mass is 1920 g/mol. The van der Waals surface area contributed by atoms with E-state index in [4.69, 9.17) is 9.47 Å². The second kappa shape index (κ2) is 51.4. The highest BCUT2D eigenvalue weighted by molar-refractivity contribution is 5.92. The number of fused-ring (bicyclic) bond motifs is 4. The maximum absolute atomic E-state index is 14.8. The first kappa shape index (κ1) is 110. The van der Waals surface area contributed by atoms with Crippen molar-refractivity contribution in [2.75, 3.05) is 112 Å². The quantitative estimate of drug-likeness (QED) is 0.0302. The molecule has 3 unspecified atom stereocenters. The van der Waals surface area contributed by atoms with Crippen LogP contribution in [0.1, 0.15) is 324 Å². The predicted molar refractivity (Wildman–Crippen MR) is 560 cm³/mol. The molecule has 14 rings (SSSR count). The SMILES string of the molecule is C.CC[C@@H](C)C(=O)NC(C(=O)N1CCC[C@H]1CN(CCCCN(C[C@@H]1CCCN1C(=O)[C@@H](NC(=O)[C@H](C)CC)C1CCCCC1)C1CCc2ccccc21)C1CCc2ccccc21)C1CCCCC1.CC[C@@H](C)C(=O)N[C@H](C(=O)N1CC[C@@]2(C)C[C@@H](OCCO[C@H]3CN(CCc4ccccc4)C[C@@]4(C)N(C(=O)[C@@H](CC(=O)[C@H](C)NC)C(C)C)CC[C@@]4(C)C3)CN(CCc3ccccc3)C[C@@]12C)C(C)C. The van der Waals surface area contributed by atoms with E-state index in [0.717, 1.165) is 252 Å². The summed E-state index contributed by atoms with van der Waals surface area (Å²) in [6, 6.07) is 38.5. The Bertz CT molecular complexity index is 4300. The van der Waals surface area contributed by atoms with Crippen molar-refractivity contribution in [3.8, 4) is 0 Å². The second-order valence-electron chi connectivity index (χ2n) is 45.8. The molecule has 2 saturated carbocycles. The number of likely N-dealkylation sites (N-methyl/N-ethyl adjacent to an activating group) is 1. The molecular weight excluding hydrogens is 1730 g/mol. The minimum absolute atomic E-state index is 0. The molecule has 139 heavy (non-hydrogen) atoms. The zero-order valence-electron chi connectivity index (χ0n) is 88.0. The fourth-order valence-corrected chi connectivity index (χ4v) is 25.8. The Morgan fingerprint density at radius 3 is 1.24 bits per heavy atom. The topological polar surface area (TPSA) is 229 Å². The van der Waals surface area contributed by atoms with Crippen molar-refractivity contribution in [1.29, 1.82) is 0 Å². The molecule has 6 heterocycles. The van der Waals surface area contributed by atoms with Crippen molar-refractivity contribution in [2.45, 2.75) is 376 Å². The van der Waals surface area contributed by atoms with Crippen molar-refractivity contribution >= 4 is 47.1 Å². The summed E-state index contributed by atoms with van der Waals surface area (Å²) in [7, 11) is 1.80. The van der Waals surface area contributed by atoms with Crippen molar-refractivity contribution < 1.29 is 47.8 Å². The van der Waals surface area contributed by atoms with E-state index >= 15 is 0 Å². The number of likely N-dealkylation sites (tertiary alicyclic amines) is 6. The average Bonchev–Trinajstić information content (AvgIpc) is 1.58. The van der Waals surface area contributed by atoms with Crippen LogP contribution < -0.4 is 21.3 Å². The smallest absolute Gasteiger partial charge is 0.245 e. The van der Waals surface area contributed by atoms with Gasteiger partial charge in [0, 0.05) is 133 Å². The lowest BCUT2D eigenvalue weighted by Crippen LogP contribution is -2.62. The fraction of sp³-hybridized carbons (Fsp3) is 0.726. The maximum atomic E-state index is 14.8. The van der Waals surface area contributed by atoms with Crippen LogP contribution >= 0.6 is 0 Å². The molecule has 4 N–H and O–H groups in total. The molecule has 6 aliphatic heterocycles. The zero-order chi connectivity index (χ0) is 98.6. The van der Waals surface area contributed by atoms with Gasteiger partial charge >= 0.3 is 0 Å². The molecule has 772 valence electrons. The molecule has 22 heteroatoms. The minimum atomic E-state index is -0.586. The number of ketones is 1. The van der Waals surface area contributed by atoms with Gasteiger partial charge in [-0.3, -0.25) is 58.0 Å². The summed E-state index contributed by atoms with van der Waals surface area (Å²) in [4.78, 5) is 132. The maximum Gasteiger partial charge on any atom is 0.245 e. The van der Waals surface area contributed by atoms with Crippen molar-refractivity contribution in [1.82, 2.24) is 60.5 Å². The highest BCUT2D eigenvalue weighted by Crippen LogP contribution is 2.54. The summed E-state index contributed by atoms with van der Waals surface area (Å²) in [6.07, 6.45) is 29.1. The lowest BCUT2D eigenvalue weighted by Gasteiger charge is -2.47. The Morgan fingerprint density at radius 2 is 0.849 bits per heavy atom. The molecule has 4 aromatic rings. The molecule has 0 radical (unpaired) electrons. The number of aryl methyl sites for hydroxylation is 2. The third-order valence-corrected chi connectivity index (χ3v) is 36.0. The van der Waals surface area contributed by atoms with Gasteiger partial charge in [-0.05, 0) is 256 Å². The lowest BCUT2D eigenvalue weighted by atomic mass is 9.69. The van der Waals surface area contributed by atoms with Gasteiger partial charge in [-0.25, -0.2) is 0 Å². The molecular formula is C117H184N12O10. The normalized spacial score (nSPS) is 27.0. The van der Waals surface area contributed by atoms with Crippen LogP contribution in [0.15, 0.2) is 109 Å². The van der Waals surface area contributed by atoms with E-state index in [1.54, 1.807) is 7.05 Å². The number of nitrogens with zero attached hydrogens (tertiary/aromatic N) is 8. The number of carbonyl (C=O) groups is 8. The fourth-order valence-electron chi connectivity index (χ4n) is 25.8. The van der Waals surface area contributed by atoms with E-state index in [2.05, 4.69) is 225 Å². The zero-order valence-corrected chi connectivity index (χ0v) is 88.0. The van der Waals surface area contributed by atoms with Crippen molar-refractivity contribution in [3.63, 3.8) is 0 Å². The highest BCUT2D eigenvalue weighted by atomic mass is 16.5. The standard InChI is InChI=1S/C58H92N6O6.C58H88N6O4.CH4/c1-13-43(6)52(66)60-51(42(4)5)54(68)64-31-27-56(9)36-48(38-62(40-58(56,64)11)29-25-46-22-18-15-19-23-46)70-33-32-69-47-35-55(8)26-30-63(53(67)49(41(2)3)34-50(65)44(7)59-12)57(55,10)39-61(37-47)28-24-45-20-16-14-17-21-45;1-5-41(3)55(65)59-53(45-23-9-7-10-24-45)57(67)63-37-19-27-47(63)39-61(51-33-31-43-21-13-15-29-49(43)51)35-17-18-36-62(52-34-32-44-22-14-16-30-50(44)52)40-48-28-20-38-64(48)58(68)54(46-25-11-8-12-26-46)60-56(66)42(4)6-2;/h14-23,41-44,47-49,51,59H,13,24-40H2,1-12H3,(H,60,66);13-16,21-22,29-30,41-42,45-48,51-54H,5-12,17-20,23-28,31-40H2,1-4H3,(H,59,65)(H,60,66);1H4/t43-,44+,47-,48-,49+,51+,55+,56+,57-,58-;41-,42-,47+,48+,51?,52?,53+,54?;/m11./s1. The largest absolute Gasteiger partial charge is 0.374 e. The summed E-state index contributed by atoms with van der Waals surface area (Å²) < 4.78 is 13.9. The molecule has 0 bridgehead atoms. The third kappa shape index (κ3) is 27.0. The van der Waals surface area contributed by atoms with Gasteiger partial charge in [0.15, 0.2) is 0 Å². The summed E-state index contributed by atoms with van der Waals surface area (Å²) in [5.41, 5.74) is 7.06. The Balaban J connectivity index is 0.000000247. The van der Waals surface area contributed by atoms with E-state index in [1.165, 1.54) is 46.2 Å². The molecule has 4 aromatic carbocycles. The van der Waals surface area contributed by atoms with Crippen molar-refractivity contribution in [2.24, 2.45) is 58.2 Å². The van der Waals surface area contributed by atoms with Crippen LogP contribution in [0, 0.1) is 58.2 Å². The van der Waals surface area contributed by atoms with E-state index in [-0.39, 0.29) is 149 Å². The molecule has 18 atom stereocenters. The summed E-state index contributed by atoms with van der Waals surface area (Å²) in [5.74, 6) is 0.141. The van der Waals surface area contributed by atoms with Crippen LogP contribution in [-0.2, 0) is 73.5 Å². The Hall–Kier alpha value is -7.44. The minimum Gasteiger partial charge on any atom is -0.374 e. The number of rotatable bonds is 43. The first-order valence-electron chi connectivity index (χ1n) is 55.1. The van der Waals surface area contributed by atoms with E-state index in [0.29, 0.717) is 38.4 Å². The van der Waals surface area contributed by atoms with E-state index < -0.39 is 29.2 Å². The predicted octanol–water partition coefficient (Wildman–Crippen LogP) is 18.3. The van der Waals surface area contributed by atoms with Crippen LogP contribution in [0.4, 0.5) is 0 Å². The number of hydrogen-bond donors (Lipinski definition) is 4. The number of ether oxygens (including phenoxy) is 2. The Morgan fingerprint density at radius 1 is 0.453 bits per heavy atom. The van der Waals surface area contributed by atoms with Gasteiger partial charge in [0.1, 0.15) is 23.9 Å². The number of amides is 7. The van der Waals surface area contributed by atoms with E-state index in [9.17, 15) is 38.4 Å². The van der Waals surface area contributed by atoms with Gasteiger partial charge < -0.3 is 50.3 Å². The van der Waals surface area contributed by atoms with Crippen LogP contribution in [0.2, 0.25) is 0 Å². The van der Waals surface area contributed by atoms with Crippen molar-refractivity contribution in [3.05, 3.63) is 143 Å². The first-order valence-corrected chi connectivity index (χ1v) is 55.1. The lowest BCUT2D eigenvalue weighted by molar-refractivity contribution is -0.146. The molecule has 8 fully saturated rings. The summed E-state index contributed by atoms with van der Waals surface area (Å²) in [5, 5.41) is 12.9. The summed E-state index contributed by atoms with van der Waals surface area (Å²) >= 11 is 0. The van der Waals surface area contributed by atoms with Gasteiger partial charge in [0.2, 0.25) is 41.4 Å². The summed E-state index contributed by atoms with van der Waals surface area (Å²) in [6.45, 7) is 43.5. The number of nitrogens with one attached hydrogen (secondary N) is 4. The number of unbranched alkanes of at least 4 members (excludes halogenated alkanes) is 1. The molecule has 0 spiro atoms. The van der Waals surface area contributed by atoms with Gasteiger partial charge in [-0.2, -0.15) is 0 Å². The van der Waals surface area contributed by atoms with Gasteiger partial charge in [-0.15, -0.1) is 0 Å². The molecule has 7 amide bonds. The third-order valence-electron chi connectivity index (χ3n) is 36.0. The Kier molecular flexibility index (Phi) is 40.8. The van der Waals surface area contributed by atoms with E-state index in [1.807, 2.05) is 48.5 Å². The van der Waals surface area contributed by atoms with Crippen LogP contribution in [0.25, 0.3) is 0 Å². The van der Waals surface area contributed by atoms with Crippen LogP contribution in [-0.4, -0.2) is 258 Å². The van der Waals surface area contributed by atoms with Crippen LogP contribution in [0.3, 0.4) is 0 Å². The van der Waals surface area contributed by atoms with Gasteiger partial charge in [0.05, 0.1) is 42.5 Å². The number of hydrogen-bond acceptors (Lipinski definition) is 15. The number of Topliss-reactive ketones (excluding diaryl/α,β-unsaturated/α-hetero) is 1.